The zero-order valence-corrected chi connectivity index (χ0v) is 11.4. The first-order valence-electron chi connectivity index (χ1n) is 5.80. The molecule has 1 aromatic heterocycles. The Morgan fingerprint density at radius 2 is 2.44 bits per heavy atom. The Labute approximate surface area is 110 Å². The molecule has 1 atom stereocenters. The van der Waals surface area contributed by atoms with Crippen molar-refractivity contribution >= 4 is 17.7 Å². The largest absolute Gasteiger partial charge is 0.352 e. The van der Waals surface area contributed by atoms with E-state index in [2.05, 4.69) is 22.1 Å². The van der Waals surface area contributed by atoms with Crippen LogP contribution in [0, 0.1) is 0 Å². The summed E-state index contributed by atoms with van der Waals surface area (Å²) in [7, 11) is 0. The molecule has 0 fully saturated rings. The Kier molecular flexibility index (Phi) is 5.70. The summed E-state index contributed by atoms with van der Waals surface area (Å²) in [6.07, 6.45) is 2.46. The highest BCUT2D eigenvalue weighted by molar-refractivity contribution is 8.00. The number of rotatable bonds is 7. The molecule has 0 saturated heterocycles. The van der Waals surface area contributed by atoms with Gasteiger partial charge in [0.05, 0.1) is 5.25 Å². The number of carbonyl (C=O) groups excluding carboxylic acids is 1. The van der Waals surface area contributed by atoms with Gasteiger partial charge >= 0.3 is 5.69 Å². The Morgan fingerprint density at radius 3 is 3.06 bits per heavy atom. The highest BCUT2D eigenvalue weighted by Crippen LogP contribution is 2.19. The van der Waals surface area contributed by atoms with E-state index >= 15 is 0 Å². The number of nitrogens with one attached hydrogen (secondary N) is 2. The van der Waals surface area contributed by atoms with Crippen molar-refractivity contribution in [3.05, 3.63) is 23.1 Å². The van der Waals surface area contributed by atoms with Gasteiger partial charge in [-0.2, -0.15) is 0 Å². The van der Waals surface area contributed by atoms with Gasteiger partial charge in [-0.15, -0.1) is 11.7 Å². The molecule has 1 rings (SSSR count). The van der Waals surface area contributed by atoms with Crippen LogP contribution in [0.25, 0.3) is 0 Å². The van der Waals surface area contributed by atoms with Gasteiger partial charge in [0, 0.05) is 13.1 Å². The third kappa shape index (κ3) is 3.76. The third-order valence-corrected chi connectivity index (χ3v) is 3.33. The van der Waals surface area contributed by atoms with Crippen LogP contribution in [-0.4, -0.2) is 32.5 Å². The number of aromatic nitrogens is 3. The van der Waals surface area contributed by atoms with Crippen LogP contribution < -0.4 is 11.0 Å². The van der Waals surface area contributed by atoms with Crippen molar-refractivity contribution in [3.63, 3.8) is 0 Å². The van der Waals surface area contributed by atoms with Gasteiger partial charge < -0.3 is 5.32 Å². The molecule has 0 aliphatic heterocycles. The first-order chi connectivity index (χ1) is 8.60. The second-order valence-electron chi connectivity index (χ2n) is 3.76. The molecule has 0 aromatic carbocycles. The van der Waals surface area contributed by atoms with Crippen LogP contribution in [0.3, 0.4) is 0 Å². The molecule has 1 amide bonds. The fourth-order valence-electron chi connectivity index (χ4n) is 1.34. The Hall–Kier alpha value is -1.50. The Bertz CT molecular complexity index is 466. The summed E-state index contributed by atoms with van der Waals surface area (Å²) < 4.78 is 1.54. The van der Waals surface area contributed by atoms with Crippen LogP contribution in [0.5, 0.6) is 0 Å². The summed E-state index contributed by atoms with van der Waals surface area (Å²) in [5.41, 5.74) is -0.238. The quantitative estimate of drug-likeness (QED) is 0.566. The predicted molar refractivity (Wildman–Crippen MR) is 71.7 cm³/mol. The van der Waals surface area contributed by atoms with Gasteiger partial charge in [-0.05, 0) is 13.3 Å². The molecule has 0 aliphatic rings. The smallest absolute Gasteiger partial charge is 0.343 e. The van der Waals surface area contributed by atoms with E-state index in [0.717, 1.165) is 6.42 Å². The molecule has 18 heavy (non-hydrogen) atoms. The minimum absolute atomic E-state index is 0.0987. The van der Waals surface area contributed by atoms with Crippen LogP contribution in [0.15, 0.2) is 22.6 Å². The van der Waals surface area contributed by atoms with Gasteiger partial charge in [-0.3, -0.25) is 9.36 Å². The number of carbonyl (C=O) groups is 1. The molecule has 2 N–H and O–H groups in total. The summed E-state index contributed by atoms with van der Waals surface area (Å²) in [5.74, 6) is -0.0987. The zero-order valence-electron chi connectivity index (χ0n) is 10.6. The summed E-state index contributed by atoms with van der Waals surface area (Å²) in [5, 5.41) is 9.27. The first-order valence-corrected chi connectivity index (χ1v) is 6.68. The molecule has 7 heteroatoms. The highest BCUT2D eigenvalue weighted by Gasteiger charge is 2.17. The van der Waals surface area contributed by atoms with Crippen LogP contribution >= 0.6 is 11.8 Å². The number of thioether (sulfide) groups is 1. The molecule has 100 valence electrons. The SMILES string of the molecule is C=CCNC(=O)[C@H](C)Sc1n[nH]c(=O)n1CCC. The number of hydrogen-bond acceptors (Lipinski definition) is 4. The lowest BCUT2D eigenvalue weighted by Crippen LogP contribution is -2.31. The minimum atomic E-state index is -0.309. The average molecular weight is 270 g/mol. The summed E-state index contributed by atoms with van der Waals surface area (Å²) in [4.78, 5) is 23.1. The van der Waals surface area contributed by atoms with Crippen molar-refractivity contribution in [1.29, 1.82) is 0 Å². The maximum absolute atomic E-state index is 11.7. The number of nitrogens with zero attached hydrogens (tertiary/aromatic N) is 2. The van der Waals surface area contributed by atoms with E-state index < -0.39 is 0 Å². The topological polar surface area (TPSA) is 79.8 Å². The van der Waals surface area contributed by atoms with Crippen LogP contribution in [0.1, 0.15) is 20.3 Å². The fourth-order valence-corrected chi connectivity index (χ4v) is 2.25. The van der Waals surface area contributed by atoms with E-state index in [1.165, 1.54) is 11.8 Å². The molecule has 0 saturated carbocycles. The van der Waals surface area contributed by atoms with Gasteiger partial charge in [-0.25, -0.2) is 9.89 Å². The average Bonchev–Trinajstić information content (AvgIpc) is 2.69. The van der Waals surface area contributed by atoms with Crippen LogP contribution in [0.4, 0.5) is 0 Å². The van der Waals surface area contributed by atoms with E-state index in [1.807, 2.05) is 6.92 Å². The second kappa shape index (κ2) is 7.05. The molecular formula is C11H18N4O2S. The van der Waals surface area contributed by atoms with Crippen molar-refractivity contribution in [2.45, 2.75) is 37.2 Å². The van der Waals surface area contributed by atoms with E-state index in [9.17, 15) is 9.59 Å². The molecule has 1 heterocycles. The Morgan fingerprint density at radius 1 is 1.72 bits per heavy atom. The maximum atomic E-state index is 11.7. The molecule has 6 nitrogen and oxygen atoms in total. The molecule has 0 aliphatic carbocycles. The number of aromatic amines is 1. The van der Waals surface area contributed by atoms with Crippen molar-refractivity contribution in [2.75, 3.05) is 6.54 Å². The molecule has 1 aromatic rings. The van der Waals surface area contributed by atoms with Crippen molar-refractivity contribution in [1.82, 2.24) is 20.1 Å². The van der Waals surface area contributed by atoms with Crippen molar-refractivity contribution in [2.24, 2.45) is 0 Å². The fraction of sp³-hybridized carbons (Fsp3) is 0.545. The summed E-state index contributed by atoms with van der Waals surface area (Å²) in [6, 6.07) is 0. The molecule has 0 spiro atoms. The molecule has 0 radical (unpaired) electrons. The van der Waals surface area contributed by atoms with Gasteiger partial charge in [-0.1, -0.05) is 24.8 Å². The molecular weight excluding hydrogens is 252 g/mol. The zero-order chi connectivity index (χ0) is 13.5. The van der Waals surface area contributed by atoms with Crippen LogP contribution in [-0.2, 0) is 11.3 Å². The van der Waals surface area contributed by atoms with Crippen molar-refractivity contribution < 1.29 is 4.79 Å². The summed E-state index contributed by atoms with van der Waals surface area (Å²) in [6.45, 7) is 8.32. The lowest BCUT2D eigenvalue weighted by atomic mass is 10.4. The molecule has 0 unspecified atom stereocenters. The van der Waals surface area contributed by atoms with Gasteiger partial charge in [0.2, 0.25) is 5.91 Å². The standard InChI is InChI=1S/C11H18N4O2S/c1-4-6-12-9(16)8(3)18-11-14-13-10(17)15(11)7-5-2/h4,8H,1,5-7H2,2-3H3,(H,12,16)(H,13,17)/t8-/m0/s1. The van der Waals surface area contributed by atoms with E-state index in [-0.39, 0.29) is 16.8 Å². The van der Waals surface area contributed by atoms with Gasteiger partial charge in [0.15, 0.2) is 5.16 Å². The second-order valence-corrected chi connectivity index (χ2v) is 5.06. The van der Waals surface area contributed by atoms with Crippen molar-refractivity contribution in [3.8, 4) is 0 Å². The lowest BCUT2D eigenvalue weighted by Gasteiger charge is -2.10. The lowest BCUT2D eigenvalue weighted by molar-refractivity contribution is -0.120. The maximum Gasteiger partial charge on any atom is 0.343 e. The van der Waals surface area contributed by atoms with E-state index in [0.29, 0.717) is 18.2 Å². The number of H-pyrrole nitrogens is 1. The first kappa shape index (κ1) is 14.6. The number of hydrogen-bond donors (Lipinski definition) is 2. The monoisotopic (exact) mass is 270 g/mol. The van der Waals surface area contributed by atoms with Crippen LogP contribution in [0.2, 0.25) is 0 Å². The van der Waals surface area contributed by atoms with E-state index in [4.69, 9.17) is 0 Å². The normalized spacial score (nSPS) is 12.1. The predicted octanol–water partition coefficient (Wildman–Crippen LogP) is 0.764. The third-order valence-electron chi connectivity index (χ3n) is 2.24. The highest BCUT2D eigenvalue weighted by atomic mass is 32.2. The Balaban J connectivity index is 2.69. The van der Waals surface area contributed by atoms with E-state index in [1.54, 1.807) is 17.6 Å². The summed E-state index contributed by atoms with van der Waals surface area (Å²) >= 11 is 1.26. The number of amides is 1. The van der Waals surface area contributed by atoms with Gasteiger partial charge in [0.25, 0.3) is 0 Å². The van der Waals surface area contributed by atoms with Gasteiger partial charge in [0.1, 0.15) is 0 Å². The minimum Gasteiger partial charge on any atom is -0.352 e. The molecule has 0 bridgehead atoms.